The summed E-state index contributed by atoms with van der Waals surface area (Å²) >= 11 is 0. The van der Waals surface area contributed by atoms with Gasteiger partial charge in [0.2, 0.25) is 0 Å². The molecule has 1 N–H and O–H groups in total. The van der Waals surface area contributed by atoms with Gasteiger partial charge in [0, 0.05) is 17.5 Å². The number of hydrogen-bond acceptors (Lipinski definition) is 3. The average molecular weight is 205 g/mol. The second kappa shape index (κ2) is 3.34. The highest BCUT2D eigenvalue weighted by atomic mass is 16.6. The molecular weight excluding hydrogens is 194 g/mol. The number of H-pyrrole nitrogens is 1. The number of nitro benzene ring substituents is 1. The highest BCUT2D eigenvalue weighted by molar-refractivity contribution is 5.83. The molecule has 0 unspecified atom stereocenters. The number of hydrogen-bond donors (Lipinski definition) is 1. The molecule has 0 amide bonds. The lowest BCUT2D eigenvalue weighted by atomic mass is 10.1. The Bertz CT molecular complexity index is 516. The molecule has 5 heteroatoms. The Kier molecular flexibility index (Phi) is 2.15. The second-order valence-corrected chi connectivity index (χ2v) is 3.75. The van der Waals surface area contributed by atoms with Crippen LogP contribution in [0.1, 0.15) is 25.5 Å². The maximum atomic E-state index is 10.6. The monoisotopic (exact) mass is 205 g/mol. The summed E-state index contributed by atoms with van der Waals surface area (Å²) in [7, 11) is 0. The fraction of sp³-hybridized carbons (Fsp3) is 0.300. The summed E-state index contributed by atoms with van der Waals surface area (Å²) in [6.07, 6.45) is 0. The van der Waals surface area contributed by atoms with Crippen LogP contribution in [0.15, 0.2) is 18.2 Å². The Balaban J connectivity index is 2.61. The fourth-order valence-electron chi connectivity index (χ4n) is 1.58. The van der Waals surface area contributed by atoms with Crippen LogP contribution in [0.4, 0.5) is 5.69 Å². The molecule has 0 radical (unpaired) electrons. The molecule has 0 spiro atoms. The number of rotatable bonds is 2. The molecule has 0 aliphatic rings. The molecule has 0 fully saturated rings. The molecule has 0 aliphatic heterocycles. The second-order valence-electron chi connectivity index (χ2n) is 3.75. The summed E-state index contributed by atoms with van der Waals surface area (Å²) in [6, 6.07) is 4.75. The highest BCUT2D eigenvalue weighted by Crippen LogP contribution is 2.25. The van der Waals surface area contributed by atoms with Gasteiger partial charge in [-0.25, -0.2) is 0 Å². The largest absolute Gasteiger partial charge is 0.277 e. The Labute approximate surface area is 86.3 Å². The summed E-state index contributed by atoms with van der Waals surface area (Å²) in [5, 5.41) is 18.5. The summed E-state index contributed by atoms with van der Waals surface area (Å²) < 4.78 is 0. The van der Waals surface area contributed by atoms with Gasteiger partial charge in [0.1, 0.15) is 0 Å². The zero-order chi connectivity index (χ0) is 11.0. The first-order chi connectivity index (χ1) is 7.09. The van der Waals surface area contributed by atoms with Crippen molar-refractivity contribution in [2.45, 2.75) is 19.8 Å². The molecule has 0 bridgehead atoms. The SMILES string of the molecule is CC(C)c1n[nH]c2cc([N+](=O)[O-])ccc12. The van der Waals surface area contributed by atoms with Gasteiger partial charge in [-0.15, -0.1) is 0 Å². The van der Waals surface area contributed by atoms with E-state index in [1.54, 1.807) is 6.07 Å². The standard InChI is InChI=1S/C10H11N3O2/c1-6(2)10-8-4-3-7(13(14)15)5-9(8)11-12-10/h3-6H,1-2H3,(H,11,12). The van der Waals surface area contributed by atoms with Gasteiger partial charge in [0.15, 0.2) is 0 Å². The van der Waals surface area contributed by atoms with Crippen LogP contribution in [-0.4, -0.2) is 15.1 Å². The molecule has 1 aromatic heterocycles. The van der Waals surface area contributed by atoms with E-state index in [9.17, 15) is 10.1 Å². The third-order valence-electron chi connectivity index (χ3n) is 2.33. The highest BCUT2D eigenvalue weighted by Gasteiger charge is 2.12. The quantitative estimate of drug-likeness (QED) is 0.605. The summed E-state index contributed by atoms with van der Waals surface area (Å²) in [4.78, 5) is 10.1. The number of nitrogens with one attached hydrogen (secondary N) is 1. The Morgan fingerprint density at radius 3 is 2.80 bits per heavy atom. The van der Waals surface area contributed by atoms with Crippen molar-refractivity contribution in [2.24, 2.45) is 0 Å². The number of benzene rings is 1. The van der Waals surface area contributed by atoms with E-state index in [1.807, 2.05) is 13.8 Å². The Morgan fingerprint density at radius 1 is 1.47 bits per heavy atom. The maximum Gasteiger partial charge on any atom is 0.271 e. The van der Waals surface area contributed by atoms with Crippen LogP contribution in [0.5, 0.6) is 0 Å². The molecule has 0 atom stereocenters. The lowest BCUT2D eigenvalue weighted by Crippen LogP contribution is -1.88. The number of nitro groups is 1. The van der Waals surface area contributed by atoms with Gasteiger partial charge < -0.3 is 0 Å². The van der Waals surface area contributed by atoms with E-state index in [0.717, 1.165) is 11.1 Å². The van der Waals surface area contributed by atoms with Crippen molar-refractivity contribution in [3.05, 3.63) is 34.0 Å². The van der Waals surface area contributed by atoms with Gasteiger partial charge in [0.05, 0.1) is 16.1 Å². The number of fused-ring (bicyclic) bond motifs is 1. The minimum atomic E-state index is -0.407. The molecule has 2 aromatic rings. The van der Waals surface area contributed by atoms with Crippen LogP contribution >= 0.6 is 0 Å². The first-order valence-corrected chi connectivity index (χ1v) is 4.72. The van der Waals surface area contributed by atoms with Crippen molar-refractivity contribution < 1.29 is 4.92 Å². The lowest BCUT2D eigenvalue weighted by Gasteiger charge is -1.99. The summed E-state index contributed by atoms with van der Waals surface area (Å²) in [6.45, 7) is 4.08. The zero-order valence-electron chi connectivity index (χ0n) is 8.52. The van der Waals surface area contributed by atoms with Gasteiger partial charge in [-0.3, -0.25) is 15.2 Å². The summed E-state index contributed by atoms with van der Waals surface area (Å²) in [5.74, 6) is 0.306. The van der Waals surface area contributed by atoms with Gasteiger partial charge in [0.25, 0.3) is 5.69 Å². The van der Waals surface area contributed by atoms with E-state index in [2.05, 4.69) is 10.2 Å². The molecule has 5 nitrogen and oxygen atoms in total. The van der Waals surface area contributed by atoms with E-state index >= 15 is 0 Å². The lowest BCUT2D eigenvalue weighted by molar-refractivity contribution is -0.384. The van der Waals surface area contributed by atoms with E-state index in [-0.39, 0.29) is 5.69 Å². The number of non-ortho nitro benzene ring substituents is 1. The van der Waals surface area contributed by atoms with E-state index in [0.29, 0.717) is 11.4 Å². The van der Waals surface area contributed by atoms with Crippen molar-refractivity contribution in [3.8, 4) is 0 Å². The van der Waals surface area contributed by atoms with Gasteiger partial charge in [-0.1, -0.05) is 13.8 Å². The number of nitrogens with zero attached hydrogens (tertiary/aromatic N) is 2. The third kappa shape index (κ3) is 1.56. The van der Waals surface area contributed by atoms with Crippen molar-refractivity contribution in [1.82, 2.24) is 10.2 Å². The molecule has 0 aliphatic carbocycles. The molecular formula is C10H11N3O2. The van der Waals surface area contributed by atoms with E-state index in [1.165, 1.54) is 12.1 Å². The van der Waals surface area contributed by atoms with Crippen molar-refractivity contribution in [2.75, 3.05) is 0 Å². The minimum Gasteiger partial charge on any atom is -0.277 e. The van der Waals surface area contributed by atoms with E-state index in [4.69, 9.17) is 0 Å². The maximum absolute atomic E-state index is 10.6. The zero-order valence-corrected chi connectivity index (χ0v) is 8.52. The number of aromatic nitrogens is 2. The normalized spacial score (nSPS) is 11.1. The van der Waals surface area contributed by atoms with Crippen molar-refractivity contribution in [3.63, 3.8) is 0 Å². The molecule has 1 heterocycles. The van der Waals surface area contributed by atoms with Crippen molar-refractivity contribution in [1.29, 1.82) is 0 Å². The van der Waals surface area contributed by atoms with Crippen LogP contribution in [0.2, 0.25) is 0 Å². The molecule has 2 rings (SSSR count). The molecule has 0 saturated carbocycles. The first kappa shape index (κ1) is 9.64. The predicted octanol–water partition coefficient (Wildman–Crippen LogP) is 2.59. The van der Waals surface area contributed by atoms with Crippen molar-refractivity contribution >= 4 is 16.6 Å². The Morgan fingerprint density at radius 2 is 2.20 bits per heavy atom. The third-order valence-corrected chi connectivity index (χ3v) is 2.33. The Hall–Kier alpha value is -1.91. The molecule has 0 saturated heterocycles. The first-order valence-electron chi connectivity index (χ1n) is 4.72. The molecule has 78 valence electrons. The minimum absolute atomic E-state index is 0.0847. The van der Waals surface area contributed by atoms with Crippen LogP contribution < -0.4 is 0 Å². The molecule has 15 heavy (non-hydrogen) atoms. The topological polar surface area (TPSA) is 71.8 Å². The van der Waals surface area contributed by atoms with Crippen LogP contribution in [0.25, 0.3) is 10.9 Å². The van der Waals surface area contributed by atoms with E-state index < -0.39 is 4.92 Å². The molecule has 1 aromatic carbocycles. The predicted molar refractivity (Wildman–Crippen MR) is 56.8 cm³/mol. The van der Waals surface area contributed by atoms with Crippen LogP contribution in [-0.2, 0) is 0 Å². The van der Waals surface area contributed by atoms with Gasteiger partial charge in [-0.2, -0.15) is 5.10 Å². The number of aromatic amines is 1. The van der Waals surface area contributed by atoms with Crippen LogP contribution in [0.3, 0.4) is 0 Å². The fourth-order valence-corrected chi connectivity index (χ4v) is 1.58. The smallest absolute Gasteiger partial charge is 0.271 e. The summed E-state index contributed by atoms with van der Waals surface area (Å²) in [5.41, 5.74) is 1.74. The average Bonchev–Trinajstić information content (AvgIpc) is 2.59. The van der Waals surface area contributed by atoms with Gasteiger partial charge >= 0.3 is 0 Å². The van der Waals surface area contributed by atoms with Gasteiger partial charge in [-0.05, 0) is 12.0 Å². The van der Waals surface area contributed by atoms with Crippen LogP contribution in [0, 0.1) is 10.1 Å².